The van der Waals surface area contributed by atoms with Crippen molar-refractivity contribution in [3.05, 3.63) is 99.2 Å². The summed E-state index contributed by atoms with van der Waals surface area (Å²) in [4.78, 5) is 40.5. The van der Waals surface area contributed by atoms with Gasteiger partial charge in [-0.1, -0.05) is 48.5 Å². The maximum atomic E-state index is 13.9. The smallest absolute Gasteiger partial charge is 0.332 e. The van der Waals surface area contributed by atoms with Gasteiger partial charge in [0.05, 0.1) is 17.4 Å². The van der Waals surface area contributed by atoms with E-state index in [4.69, 9.17) is 4.74 Å². The molecule has 1 aliphatic heterocycles. The Morgan fingerprint density at radius 3 is 2.31 bits per heavy atom. The SMILES string of the molecule is O=CN1CCC(n2c(=O)n(Cc3cccc(-c4ccccc4)c3)c(=O)c3cc(OC(CF)CF)ccc32)CC1. The number of hydrogen-bond acceptors (Lipinski definition) is 4. The van der Waals surface area contributed by atoms with Crippen LogP contribution in [0.1, 0.15) is 24.4 Å². The third-order valence-electron chi connectivity index (χ3n) is 7.18. The Balaban J connectivity index is 1.61. The molecule has 1 fully saturated rings. The normalized spacial score (nSPS) is 14.2. The van der Waals surface area contributed by atoms with Gasteiger partial charge < -0.3 is 9.64 Å². The van der Waals surface area contributed by atoms with Gasteiger partial charge in [-0.15, -0.1) is 0 Å². The lowest BCUT2D eigenvalue weighted by Crippen LogP contribution is -2.44. The number of carbonyl (C=O) groups excluding carboxylic acids is 1. The predicted molar refractivity (Wildman–Crippen MR) is 146 cm³/mol. The molecule has 202 valence electrons. The van der Waals surface area contributed by atoms with E-state index < -0.39 is 30.7 Å². The third-order valence-corrected chi connectivity index (χ3v) is 7.18. The van der Waals surface area contributed by atoms with E-state index in [1.165, 1.54) is 16.7 Å². The van der Waals surface area contributed by atoms with Crippen molar-refractivity contribution in [1.82, 2.24) is 14.0 Å². The van der Waals surface area contributed by atoms with Crippen molar-refractivity contribution < 1.29 is 18.3 Å². The first kappa shape index (κ1) is 26.3. The number of benzene rings is 3. The van der Waals surface area contributed by atoms with Gasteiger partial charge in [0.25, 0.3) is 5.56 Å². The summed E-state index contributed by atoms with van der Waals surface area (Å²) in [6, 6.07) is 21.8. The number of nitrogens with zero attached hydrogens (tertiary/aromatic N) is 3. The molecular formula is C30H29F2N3O4. The second kappa shape index (κ2) is 11.6. The number of piperidine rings is 1. The molecular weight excluding hydrogens is 504 g/mol. The van der Waals surface area contributed by atoms with Crippen molar-refractivity contribution in [3.63, 3.8) is 0 Å². The fourth-order valence-electron chi connectivity index (χ4n) is 5.14. The number of rotatable bonds is 9. The number of hydrogen-bond donors (Lipinski definition) is 0. The Hall–Kier alpha value is -4.27. The van der Waals surface area contributed by atoms with Gasteiger partial charge in [0.2, 0.25) is 6.41 Å². The van der Waals surface area contributed by atoms with Crippen molar-refractivity contribution in [2.75, 3.05) is 26.4 Å². The molecule has 39 heavy (non-hydrogen) atoms. The zero-order valence-corrected chi connectivity index (χ0v) is 21.3. The summed E-state index contributed by atoms with van der Waals surface area (Å²) in [5.74, 6) is 0.151. The molecule has 0 atom stereocenters. The van der Waals surface area contributed by atoms with Crippen LogP contribution in [0.4, 0.5) is 8.78 Å². The Labute approximate surface area is 223 Å². The van der Waals surface area contributed by atoms with Gasteiger partial charge in [-0.25, -0.2) is 13.6 Å². The second-order valence-corrected chi connectivity index (χ2v) is 9.71. The molecule has 2 heterocycles. The lowest BCUT2D eigenvalue weighted by Gasteiger charge is -2.31. The molecule has 9 heteroatoms. The van der Waals surface area contributed by atoms with E-state index in [1.54, 1.807) is 15.5 Å². The first-order valence-corrected chi connectivity index (χ1v) is 12.9. The lowest BCUT2D eigenvalue weighted by atomic mass is 10.0. The van der Waals surface area contributed by atoms with Crippen molar-refractivity contribution in [1.29, 1.82) is 0 Å². The van der Waals surface area contributed by atoms with Gasteiger partial charge in [0.1, 0.15) is 19.1 Å². The van der Waals surface area contributed by atoms with Crippen LogP contribution in [0.3, 0.4) is 0 Å². The Morgan fingerprint density at radius 1 is 0.897 bits per heavy atom. The Kier molecular flexibility index (Phi) is 7.86. The van der Waals surface area contributed by atoms with Gasteiger partial charge in [-0.3, -0.25) is 18.7 Å². The van der Waals surface area contributed by atoms with Gasteiger partial charge in [0.15, 0.2) is 6.10 Å². The lowest BCUT2D eigenvalue weighted by molar-refractivity contribution is -0.119. The molecule has 7 nitrogen and oxygen atoms in total. The highest BCUT2D eigenvalue weighted by molar-refractivity contribution is 5.80. The van der Waals surface area contributed by atoms with Crippen LogP contribution in [-0.4, -0.2) is 53.0 Å². The Morgan fingerprint density at radius 2 is 1.62 bits per heavy atom. The number of amides is 1. The maximum absolute atomic E-state index is 13.9. The molecule has 1 saturated heterocycles. The van der Waals surface area contributed by atoms with Crippen molar-refractivity contribution in [2.45, 2.75) is 31.5 Å². The van der Waals surface area contributed by atoms with E-state index >= 15 is 0 Å². The third kappa shape index (κ3) is 5.48. The predicted octanol–water partition coefficient (Wildman–Crippen LogP) is 4.36. The molecule has 0 N–H and O–H groups in total. The number of likely N-dealkylation sites (tertiary alicyclic amines) is 1. The van der Waals surface area contributed by atoms with E-state index in [9.17, 15) is 23.2 Å². The number of ether oxygens (including phenoxy) is 1. The minimum atomic E-state index is -1.27. The van der Waals surface area contributed by atoms with Gasteiger partial charge in [-0.05, 0) is 53.8 Å². The summed E-state index contributed by atoms with van der Waals surface area (Å²) < 4.78 is 34.5. The minimum absolute atomic E-state index is 0.0458. The molecule has 0 saturated carbocycles. The molecule has 0 aliphatic carbocycles. The molecule has 1 aliphatic rings. The van der Waals surface area contributed by atoms with E-state index in [-0.39, 0.29) is 23.7 Å². The summed E-state index contributed by atoms with van der Waals surface area (Å²) >= 11 is 0. The monoisotopic (exact) mass is 533 g/mol. The highest BCUT2D eigenvalue weighted by atomic mass is 19.1. The average Bonchev–Trinajstić information content (AvgIpc) is 2.99. The molecule has 4 aromatic rings. The first-order valence-electron chi connectivity index (χ1n) is 12.9. The molecule has 1 aromatic heterocycles. The molecule has 5 rings (SSSR count). The molecule has 0 spiro atoms. The highest BCUT2D eigenvalue weighted by Crippen LogP contribution is 2.26. The number of halogens is 2. The number of aromatic nitrogens is 2. The molecule has 0 bridgehead atoms. The zero-order chi connectivity index (χ0) is 27.4. The van der Waals surface area contributed by atoms with Gasteiger partial charge in [0, 0.05) is 19.1 Å². The highest BCUT2D eigenvalue weighted by Gasteiger charge is 2.25. The van der Waals surface area contributed by atoms with Gasteiger partial charge >= 0.3 is 5.69 Å². The Bertz CT molecular complexity index is 1570. The molecule has 1 amide bonds. The summed E-state index contributed by atoms with van der Waals surface area (Å²) in [6.45, 7) is -0.979. The molecule has 0 unspecified atom stereocenters. The van der Waals surface area contributed by atoms with Crippen LogP contribution in [0.2, 0.25) is 0 Å². The summed E-state index contributed by atoms with van der Waals surface area (Å²) in [7, 11) is 0. The summed E-state index contributed by atoms with van der Waals surface area (Å²) in [5.41, 5.74) is 2.22. The van der Waals surface area contributed by atoms with E-state index in [0.717, 1.165) is 23.1 Å². The largest absolute Gasteiger partial charge is 0.485 e. The first-order chi connectivity index (χ1) is 19.0. The van der Waals surface area contributed by atoms with Crippen LogP contribution in [0.5, 0.6) is 5.75 Å². The summed E-state index contributed by atoms with van der Waals surface area (Å²) in [5, 5.41) is 0.223. The van der Waals surface area contributed by atoms with E-state index in [1.807, 2.05) is 54.6 Å². The zero-order valence-electron chi connectivity index (χ0n) is 21.3. The van der Waals surface area contributed by atoms with Gasteiger partial charge in [-0.2, -0.15) is 0 Å². The molecule has 0 radical (unpaired) electrons. The van der Waals surface area contributed by atoms with Crippen LogP contribution in [0.15, 0.2) is 82.4 Å². The fourth-order valence-corrected chi connectivity index (χ4v) is 5.14. The van der Waals surface area contributed by atoms with Crippen LogP contribution >= 0.6 is 0 Å². The maximum Gasteiger partial charge on any atom is 0.332 e. The topological polar surface area (TPSA) is 73.5 Å². The van der Waals surface area contributed by atoms with Crippen LogP contribution in [0.25, 0.3) is 22.0 Å². The minimum Gasteiger partial charge on any atom is -0.485 e. The standard InChI is InChI=1S/C30H29F2N3O4/c31-17-26(18-32)39-25-9-10-28-27(16-25)29(37)34(30(38)35(28)24-11-13-33(20-36)14-12-24)19-21-5-4-8-23(15-21)22-6-2-1-3-7-22/h1-10,15-16,20,24,26H,11-14,17-19H2. The van der Waals surface area contributed by atoms with E-state index in [0.29, 0.717) is 31.4 Å². The van der Waals surface area contributed by atoms with Crippen LogP contribution in [0, 0.1) is 0 Å². The number of fused-ring (bicyclic) bond motifs is 1. The van der Waals surface area contributed by atoms with Crippen molar-refractivity contribution in [3.8, 4) is 16.9 Å². The molecule has 3 aromatic carbocycles. The second-order valence-electron chi connectivity index (χ2n) is 9.71. The summed E-state index contributed by atoms with van der Waals surface area (Å²) in [6.07, 6.45) is 0.635. The number of alkyl halides is 2. The van der Waals surface area contributed by atoms with E-state index in [2.05, 4.69) is 0 Å². The fraction of sp³-hybridized carbons (Fsp3) is 0.300. The van der Waals surface area contributed by atoms with Crippen molar-refractivity contribution in [2.24, 2.45) is 0 Å². The average molecular weight is 534 g/mol. The van der Waals surface area contributed by atoms with Crippen LogP contribution < -0.4 is 16.0 Å². The van der Waals surface area contributed by atoms with Crippen molar-refractivity contribution >= 4 is 17.3 Å². The quantitative estimate of drug-likeness (QED) is 0.300. The number of carbonyl (C=O) groups is 1. The van der Waals surface area contributed by atoms with Crippen LogP contribution in [-0.2, 0) is 11.3 Å².